The molecule has 0 saturated carbocycles. The van der Waals surface area contributed by atoms with Crippen molar-refractivity contribution in [2.24, 2.45) is 0 Å². The summed E-state index contributed by atoms with van der Waals surface area (Å²) in [5.74, 6) is -1.05. The molecule has 0 aliphatic heterocycles. The second kappa shape index (κ2) is 10.1. The third-order valence-corrected chi connectivity index (χ3v) is 4.61. The number of carbonyl (C=O) groups excluding carboxylic acids is 2. The molecule has 1 aromatic heterocycles. The van der Waals surface area contributed by atoms with Crippen molar-refractivity contribution in [2.45, 2.75) is 32.7 Å². The molecule has 1 aromatic carbocycles. The minimum Gasteiger partial charge on any atom is -0.384 e. The molecule has 0 radical (unpaired) electrons. The van der Waals surface area contributed by atoms with Crippen LogP contribution in [0.25, 0.3) is 0 Å². The summed E-state index contributed by atoms with van der Waals surface area (Å²) in [6.07, 6.45) is 2.15. The number of rotatable bonds is 9. The first-order valence-corrected chi connectivity index (χ1v) is 9.51. The zero-order chi connectivity index (χ0) is 20.7. The van der Waals surface area contributed by atoms with Crippen LogP contribution >= 0.6 is 11.6 Å². The van der Waals surface area contributed by atoms with Crippen molar-refractivity contribution in [3.05, 3.63) is 58.0 Å². The van der Waals surface area contributed by atoms with Crippen LogP contribution in [-0.2, 0) is 4.79 Å². The van der Waals surface area contributed by atoms with Crippen molar-refractivity contribution >= 4 is 29.1 Å². The third-order valence-electron chi connectivity index (χ3n) is 4.30. The van der Waals surface area contributed by atoms with Gasteiger partial charge in [0.05, 0.1) is 10.6 Å². The molecule has 0 saturated heterocycles. The average molecular weight is 407 g/mol. The van der Waals surface area contributed by atoms with Gasteiger partial charge in [0, 0.05) is 42.9 Å². The predicted molar refractivity (Wildman–Crippen MR) is 108 cm³/mol. The highest BCUT2D eigenvalue weighted by Crippen LogP contribution is 2.29. The Balaban J connectivity index is 2.25. The van der Waals surface area contributed by atoms with Crippen LogP contribution in [0.3, 0.4) is 0 Å². The van der Waals surface area contributed by atoms with E-state index < -0.39 is 11.6 Å². The molecule has 1 unspecified atom stereocenters. The molecule has 0 fully saturated rings. The Hall–Kier alpha value is -2.51. The number of hydrogen-bond acceptors (Lipinski definition) is 5. The normalized spacial score (nSPS) is 11.9. The van der Waals surface area contributed by atoms with E-state index in [1.165, 1.54) is 24.4 Å². The van der Waals surface area contributed by atoms with Gasteiger partial charge in [-0.3, -0.25) is 9.59 Å². The summed E-state index contributed by atoms with van der Waals surface area (Å²) < 4.78 is 15.2. The number of ketones is 1. The van der Waals surface area contributed by atoms with E-state index >= 15 is 4.39 Å². The summed E-state index contributed by atoms with van der Waals surface area (Å²) in [6, 6.07) is 5.66. The van der Waals surface area contributed by atoms with Crippen molar-refractivity contribution in [2.75, 3.05) is 18.8 Å². The van der Waals surface area contributed by atoms with Crippen molar-refractivity contribution in [1.29, 1.82) is 0 Å². The molecule has 2 aromatic rings. The molecule has 4 N–H and O–H groups in total. The first kappa shape index (κ1) is 21.8. The second-order valence-electron chi connectivity index (χ2n) is 6.24. The van der Waals surface area contributed by atoms with Gasteiger partial charge < -0.3 is 16.4 Å². The van der Waals surface area contributed by atoms with Crippen LogP contribution in [0, 0.1) is 5.82 Å². The molecule has 0 aliphatic rings. The minimum atomic E-state index is -0.674. The van der Waals surface area contributed by atoms with Gasteiger partial charge in [0.2, 0.25) is 5.91 Å². The summed E-state index contributed by atoms with van der Waals surface area (Å²) in [5.41, 5.74) is 5.86. The van der Waals surface area contributed by atoms with E-state index in [9.17, 15) is 9.59 Å². The standard InChI is InChI=1S/C20H24ClFN4O2/c1-3-15(25-10-9-17(27)24-4-2)13-6-7-14(21)18(19(13)22)20(28)12-5-8-16(23)26-11-12/h5-8,11,15,25H,3-4,9-10H2,1-2H3,(H2,23,26)(H,24,27). The van der Waals surface area contributed by atoms with Gasteiger partial charge in [-0.25, -0.2) is 9.37 Å². The molecule has 1 atom stereocenters. The summed E-state index contributed by atoms with van der Waals surface area (Å²) in [6.45, 7) is 4.69. The van der Waals surface area contributed by atoms with Gasteiger partial charge >= 0.3 is 0 Å². The van der Waals surface area contributed by atoms with Crippen LogP contribution in [0.1, 0.15) is 54.2 Å². The number of amides is 1. The number of nitrogens with zero attached hydrogens (tertiary/aromatic N) is 1. The fourth-order valence-electron chi connectivity index (χ4n) is 2.85. The van der Waals surface area contributed by atoms with E-state index in [1.807, 2.05) is 13.8 Å². The Kier molecular flexibility index (Phi) is 7.90. The zero-order valence-electron chi connectivity index (χ0n) is 15.9. The molecule has 1 amide bonds. The number of halogens is 2. The SMILES string of the molecule is CCNC(=O)CCNC(CC)c1ccc(Cl)c(C(=O)c2ccc(N)nc2)c1F. The highest BCUT2D eigenvalue weighted by atomic mass is 35.5. The molecule has 28 heavy (non-hydrogen) atoms. The molecule has 0 spiro atoms. The maximum atomic E-state index is 15.2. The lowest BCUT2D eigenvalue weighted by Crippen LogP contribution is -2.29. The molecule has 6 nitrogen and oxygen atoms in total. The number of anilines is 1. The van der Waals surface area contributed by atoms with E-state index in [2.05, 4.69) is 15.6 Å². The summed E-state index contributed by atoms with van der Waals surface area (Å²) in [7, 11) is 0. The molecular formula is C20H24ClFN4O2. The lowest BCUT2D eigenvalue weighted by molar-refractivity contribution is -0.120. The molecule has 1 heterocycles. The van der Waals surface area contributed by atoms with Crippen LogP contribution in [0.4, 0.5) is 10.2 Å². The topological polar surface area (TPSA) is 97.1 Å². The van der Waals surface area contributed by atoms with Crippen molar-refractivity contribution in [3.63, 3.8) is 0 Å². The Bertz CT molecular complexity index is 843. The van der Waals surface area contributed by atoms with Gasteiger partial charge in [-0.1, -0.05) is 24.6 Å². The number of benzene rings is 1. The average Bonchev–Trinajstić information content (AvgIpc) is 2.67. The van der Waals surface area contributed by atoms with Gasteiger partial charge in [0.1, 0.15) is 11.6 Å². The number of nitrogen functional groups attached to an aromatic ring is 1. The predicted octanol–water partition coefficient (Wildman–Crippen LogP) is 3.25. The summed E-state index contributed by atoms with van der Waals surface area (Å²) >= 11 is 6.13. The highest BCUT2D eigenvalue weighted by molar-refractivity contribution is 6.35. The van der Waals surface area contributed by atoms with Crippen LogP contribution in [-0.4, -0.2) is 29.8 Å². The Morgan fingerprint density at radius 2 is 2.00 bits per heavy atom. The van der Waals surface area contributed by atoms with Crippen LogP contribution < -0.4 is 16.4 Å². The highest BCUT2D eigenvalue weighted by Gasteiger charge is 2.24. The number of pyridine rings is 1. The van der Waals surface area contributed by atoms with Crippen molar-refractivity contribution in [3.8, 4) is 0 Å². The minimum absolute atomic E-state index is 0.0280. The van der Waals surface area contributed by atoms with Gasteiger partial charge in [-0.05, 0) is 31.5 Å². The Morgan fingerprint density at radius 1 is 1.25 bits per heavy atom. The van der Waals surface area contributed by atoms with E-state index in [1.54, 1.807) is 6.07 Å². The first-order valence-electron chi connectivity index (χ1n) is 9.13. The van der Waals surface area contributed by atoms with Crippen LogP contribution in [0.2, 0.25) is 5.02 Å². The van der Waals surface area contributed by atoms with E-state index in [-0.39, 0.29) is 40.3 Å². The van der Waals surface area contributed by atoms with Crippen LogP contribution in [0.5, 0.6) is 0 Å². The molecule has 0 aliphatic carbocycles. The van der Waals surface area contributed by atoms with E-state index in [4.69, 9.17) is 17.3 Å². The molecular weight excluding hydrogens is 383 g/mol. The summed E-state index contributed by atoms with van der Waals surface area (Å²) in [4.78, 5) is 28.2. The van der Waals surface area contributed by atoms with Crippen molar-refractivity contribution < 1.29 is 14.0 Å². The maximum Gasteiger partial charge on any atom is 0.221 e. The lowest BCUT2D eigenvalue weighted by Gasteiger charge is -2.20. The Labute approximate surface area is 168 Å². The molecule has 2 rings (SSSR count). The van der Waals surface area contributed by atoms with Crippen LogP contribution in [0.15, 0.2) is 30.5 Å². The number of nitrogens with two attached hydrogens (primary N) is 1. The van der Waals surface area contributed by atoms with Gasteiger partial charge in [0.25, 0.3) is 0 Å². The summed E-state index contributed by atoms with van der Waals surface area (Å²) in [5, 5.41) is 5.90. The van der Waals surface area contributed by atoms with E-state index in [0.717, 1.165) is 0 Å². The Morgan fingerprint density at radius 3 is 2.61 bits per heavy atom. The fourth-order valence-corrected chi connectivity index (χ4v) is 3.08. The lowest BCUT2D eigenvalue weighted by atomic mass is 9.96. The molecule has 8 heteroatoms. The quantitative estimate of drug-likeness (QED) is 0.555. The number of nitrogens with one attached hydrogen (secondary N) is 2. The number of carbonyl (C=O) groups is 2. The smallest absolute Gasteiger partial charge is 0.221 e. The van der Waals surface area contributed by atoms with Gasteiger partial charge in [-0.15, -0.1) is 0 Å². The number of hydrogen-bond donors (Lipinski definition) is 3. The number of aromatic nitrogens is 1. The first-order chi connectivity index (χ1) is 13.4. The second-order valence-corrected chi connectivity index (χ2v) is 6.65. The maximum absolute atomic E-state index is 15.2. The van der Waals surface area contributed by atoms with Crippen molar-refractivity contribution in [1.82, 2.24) is 15.6 Å². The monoisotopic (exact) mass is 406 g/mol. The third kappa shape index (κ3) is 5.27. The van der Waals surface area contributed by atoms with Gasteiger partial charge in [-0.2, -0.15) is 0 Å². The molecule has 150 valence electrons. The fraction of sp³-hybridized carbons (Fsp3) is 0.350. The zero-order valence-corrected chi connectivity index (χ0v) is 16.6. The molecule has 0 bridgehead atoms. The van der Waals surface area contributed by atoms with E-state index in [0.29, 0.717) is 25.1 Å². The van der Waals surface area contributed by atoms with Gasteiger partial charge in [0.15, 0.2) is 5.78 Å². The largest absolute Gasteiger partial charge is 0.384 e.